The summed E-state index contributed by atoms with van der Waals surface area (Å²) in [4.78, 5) is 12.1. The molecule has 0 aliphatic carbocycles. The molecular weight excluding hydrogens is 286 g/mol. The predicted molar refractivity (Wildman–Crippen MR) is 85.5 cm³/mol. The molecular formula is C16H20ClN3O. The van der Waals surface area contributed by atoms with E-state index in [4.69, 9.17) is 11.6 Å². The molecule has 21 heavy (non-hydrogen) atoms. The molecule has 5 heteroatoms. The number of carbonyl (C=O) groups excluding carboxylic acids is 1. The lowest BCUT2D eigenvalue weighted by Crippen LogP contribution is -2.22. The quantitative estimate of drug-likeness (QED) is 0.878. The van der Waals surface area contributed by atoms with Crippen molar-refractivity contribution in [3.63, 3.8) is 0 Å². The molecule has 0 aliphatic rings. The molecule has 0 aliphatic heterocycles. The van der Waals surface area contributed by atoms with Gasteiger partial charge in [0.1, 0.15) is 5.02 Å². The first-order chi connectivity index (χ1) is 10.1. The van der Waals surface area contributed by atoms with Crippen molar-refractivity contribution in [1.82, 2.24) is 9.78 Å². The average molecular weight is 306 g/mol. The third-order valence-electron chi connectivity index (χ3n) is 3.50. The molecule has 0 spiro atoms. The monoisotopic (exact) mass is 305 g/mol. The fourth-order valence-corrected chi connectivity index (χ4v) is 2.41. The zero-order chi connectivity index (χ0) is 15.2. The normalized spacial score (nSPS) is 10.9. The van der Waals surface area contributed by atoms with E-state index in [0.717, 1.165) is 18.4 Å². The van der Waals surface area contributed by atoms with Crippen LogP contribution in [0, 0.1) is 5.92 Å². The lowest BCUT2D eigenvalue weighted by atomic mass is 10.0. The summed E-state index contributed by atoms with van der Waals surface area (Å²) in [5, 5.41) is 7.63. The summed E-state index contributed by atoms with van der Waals surface area (Å²) in [5.41, 5.74) is 1.13. The van der Waals surface area contributed by atoms with Crippen LogP contribution in [0.15, 0.2) is 36.5 Å². The second-order valence-corrected chi connectivity index (χ2v) is 5.42. The zero-order valence-electron chi connectivity index (χ0n) is 12.3. The zero-order valence-corrected chi connectivity index (χ0v) is 13.1. The molecule has 1 aromatic carbocycles. The summed E-state index contributed by atoms with van der Waals surface area (Å²) >= 11 is 6.15. The molecule has 0 fully saturated rings. The van der Waals surface area contributed by atoms with Crippen LogP contribution in [-0.4, -0.2) is 15.7 Å². The van der Waals surface area contributed by atoms with E-state index in [0.29, 0.717) is 17.4 Å². The van der Waals surface area contributed by atoms with E-state index in [9.17, 15) is 4.79 Å². The Morgan fingerprint density at radius 3 is 2.57 bits per heavy atom. The Hall–Kier alpha value is -1.81. The first-order valence-electron chi connectivity index (χ1n) is 7.21. The number of amides is 1. The van der Waals surface area contributed by atoms with Crippen LogP contribution in [0.25, 0.3) is 0 Å². The van der Waals surface area contributed by atoms with Gasteiger partial charge in [0, 0.05) is 12.1 Å². The highest BCUT2D eigenvalue weighted by Gasteiger charge is 2.17. The predicted octanol–water partition coefficient (Wildman–Crippen LogP) is 3.96. The molecule has 1 N–H and O–H groups in total. The Labute approximate surface area is 130 Å². The van der Waals surface area contributed by atoms with Gasteiger partial charge in [-0.2, -0.15) is 5.10 Å². The van der Waals surface area contributed by atoms with Crippen molar-refractivity contribution in [2.75, 3.05) is 5.32 Å². The fraction of sp³-hybridized carbons (Fsp3) is 0.375. The molecule has 1 aromatic heterocycles. The van der Waals surface area contributed by atoms with Crippen LogP contribution in [0.5, 0.6) is 0 Å². The van der Waals surface area contributed by atoms with Gasteiger partial charge in [-0.3, -0.25) is 9.48 Å². The third kappa shape index (κ3) is 4.08. The number of rotatable bonds is 6. The van der Waals surface area contributed by atoms with Crippen LogP contribution in [0.2, 0.25) is 5.02 Å². The molecule has 4 nitrogen and oxygen atoms in total. The maximum absolute atomic E-state index is 12.1. The van der Waals surface area contributed by atoms with Crippen molar-refractivity contribution in [1.29, 1.82) is 0 Å². The van der Waals surface area contributed by atoms with Crippen molar-refractivity contribution in [2.24, 2.45) is 5.92 Å². The highest BCUT2D eigenvalue weighted by atomic mass is 35.5. The number of aromatic nitrogens is 2. The molecule has 0 saturated heterocycles. The second-order valence-electron chi connectivity index (χ2n) is 5.01. The van der Waals surface area contributed by atoms with E-state index in [-0.39, 0.29) is 11.8 Å². The lowest BCUT2D eigenvalue weighted by Gasteiger charge is -2.11. The third-order valence-corrected chi connectivity index (χ3v) is 3.78. The molecule has 2 aromatic rings. The number of nitrogens with one attached hydrogen (secondary N) is 1. The van der Waals surface area contributed by atoms with E-state index in [2.05, 4.69) is 10.4 Å². The van der Waals surface area contributed by atoms with Gasteiger partial charge in [-0.15, -0.1) is 0 Å². The van der Waals surface area contributed by atoms with E-state index in [1.165, 1.54) is 0 Å². The topological polar surface area (TPSA) is 46.9 Å². The number of benzene rings is 1. The lowest BCUT2D eigenvalue weighted by molar-refractivity contribution is -0.120. The number of halogens is 1. The standard InChI is InChI=1S/C16H20ClN3O/c1-3-13(4-2)16(21)18-15-14(17)11-20(19-15)10-12-8-6-5-7-9-12/h5-9,11,13H,3-4,10H2,1-2H3,(H,18,19,21). The first kappa shape index (κ1) is 15.6. The minimum Gasteiger partial charge on any atom is -0.308 e. The van der Waals surface area contributed by atoms with Crippen LogP contribution >= 0.6 is 11.6 Å². The Morgan fingerprint density at radius 2 is 1.95 bits per heavy atom. The molecule has 0 radical (unpaired) electrons. The van der Waals surface area contributed by atoms with E-state index < -0.39 is 0 Å². The molecule has 1 heterocycles. The Kier molecular flexibility index (Phi) is 5.39. The van der Waals surface area contributed by atoms with Crippen LogP contribution in [0.1, 0.15) is 32.3 Å². The highest BCUT2D eigenvalue weighted by Crippen LogP contribution is 2.21. The molecule has 0 atom stereocenters. The van der Waals surface area contributed by atoms with Gasteiger partial charge in [0.15, 0.2) is 5.82 Å². The number of anilines is 1. The Balaban J connectivity index is 2.07. The van der Waals surface area contributed by atoms with Crippen molar-refractivity contribution < 1.29 is 4.79 Å². The highest BCUT2D eigenvalue weighted by molar-refractivity contribution is 6.33. The van der Waals surface area contributed by atoms with Gasteiger partial charge in [-0.05, 0) is 18.4 Å². The summed E-state index contributed by atoms with van der Waals surface area (Å²) in [5.74, 6) is 0.414. The fourth-order valence-electron chi connectivity index (χ4n) is 2.21. The largest absolute Gasteiger partial charge is 0.308 e. The van der Waals surface area contributed by atoms with Crippen LogP contribution < -0.4 is 5.32 Å². The van der Waals surface area contributed by atoms with Gasteiger partial charge in [-0.1, -0.05) is 55.8 Å². The van der Waals surface area contributed by atoms with E-state index in [1.807, 2.05) is 44.2 Å². The number of nitrogens with zero attached hydrogens (tertiary/aromatic N) is 2. The molecule has 0 saturated carbocycles. The maximum Gasteiger partial charge on any atom is 0.228 e. The van der Waals surface area contributed by atoms with Crippen LogP contribution in [0.4, 0.5) is 5.82 Å². The average Bonchev–Trinajstić information content (AvgIpc) is 2.81. The summed E-state index contributed by atoms with van der Waals surface area (Å²) in [6.07, 6.45) is 3.35. The van der Waals surface area contributed by atoms with E-state index >= 15 is 0 Å². The minimum absolute atomic E-state index is 0.000315. The minimum atomic E-state index is -0.0214. The number of hydrogen-bond acceptors (Lipinski definition) is 2. The van der Waals surface area contributed by atoms with Gasteiger partial charge < -0.3 is 5.32 Å². The smallest absolute Gasteiger partial charge is 0.228 e. The van der Waals surface area contributed by atoms with Gasteiger partial charge in [-0.25, -0.2) is 0 Å². The summed E-state index contributed by atoms with van der Waals surface area (Å²) in [6, 6.07) is 9.99. The van der Waals surface area contributed by atoms with Crippen LogP contribution in [0.3, 0.4) is 0 Å². The molecule has 1 amide bonds. The van der Waals surface area contributed by atoms with Crippen LogP contribution in [-0.2, 0) is 11.3 Å². The van der Waals surface area contributed by atoms with Gasteiger partial charge in [0.05, 0.1) is 6.54 Å². The van der Waals surface area contributed by atoms with Gasteiger partial charge >= 0.3 is 0 Å². The van der Waals surface area contributed by atoms with Gasteiger partial charge in [0.2, 0.25) is 5.91 Å². The molecule has 0 bridgehead atoms. The first-order valence-corrected chi connectivity index (χ1v) is 7.59. The molecule has 0 unspecified atom stereocenters. The van der Waals surface area contributed by atoms with Gasteiger partial charge in [0.25, 0.3) is 0 Å². The summed E-state index contributed by atoms with van der Waals surface area (Å²) in [7, 11) is 0. The van der Waals surface area contributed by atoms with Crippen molar-refractivity contribution in [2.45, 2.75) is 33.2 Å². The second kappa shape index (κ2) is 7.27. The van der Waals surface area contributed by atoms with Crippen molar-refractivity contribution >= 4 is 23.3 Å². The number of hydrogen-bond donors (Lipinski definition) is 1. The molecule has 112 valence electrons. The summed E-state index contributed by atoms with van der Waals surface area (Å²) < 4.78 is 1.74. The summed E-state index contributed by atoms with van der Waals surface area (Å²) in [6.45, 7) is 4.63. The van der Waals surface area contributed by atoms with Crippen molar-refractivity contribution in [3.05, 3.63) is 47.1 Å². The van der Waals surface area contributed by atoms with E-state index in [1.54, 1.807) is 10.9 Å². The Bertz CT molecular complexity index is 591. The number of carbonyl (C=O) groups is 1. The van der Waals surface area contributed by atoms with Crippen molar-refractivity contribution in [3.8, 4) is 0 Å². The Morgan fingerprint density at radius 1 is 1.29 bits per heavy atom. The molecule has 2 rings (SSSR count). The maximum atomic E-state index is 12.1. The SMILES string of the molecule is CCC(CC)C(=O)Nc1nn(Cc2ccccc2)cc1Cl.